The average Bonchev–Trinajstić information content (AvgIpc) is 2.81. The molecule has 0 aromatic heterocycles. The van der Waals surface area contributed by atoms with Gasteiger partial charge in [0.25, 0.3) is 0 Å². The van der Waals surface area contributed by atoms with Gasteiger partial charge in [-0.3, -0.25) is 4.99 Å². The lowest BCUT2D eigenvalue weighted by atomic mass is 9.92. The van der Waals surface area contributed by atoms with Gasteiger partial charge in [-0.05, 0) is 54.5 Å². The number of nitrogens with zero attached hydrogens (tertiary/aromatic N) is 2. The van der Waals surface area contributed by atoms with Gasteiger partial charge in [-0.15, -0.1) is 5.06 Å². The standard InChI is InChI=1S/C21H26BrN3O.C4H4O4/c1-3-16(17-6-9-19(22)10-7-17)5-4-12-25(2)26-20-11-8-18-14-23-15-24-21(18)13-20;5-3(6)1-2-4(7)8/h6-11,13,15-16H,3-5,12,14H2,1-2H3,(H,23,24);1-2H,(H,5,6)(H,7,8). The van der Waals surface area contributed by atoms with Crippen LogP contribution < -0.4 is 10.2 Å². The fraction of sp³-hybridized carbons (Fsp3) is 0.320. The van der Waals surface area contributed by atoms with Crippen molar-refractivity contribution in [1.82, 2.24) is 5.06 Å². The van der Waals surface area contributed by atoms with E-state index in [4.69, 9.17) is 15.1 Å². The summed E-state index contributed by atoms with van der Waals surface area (Å²) in [6.07, 6.45) is 6.27. The van der Waals surface area contributed by atoms with Crippen molar-refractivity contribution in [2.24, 2.45) is 4.99 Å². The SMILES string of the molecule is CCC(CCCN(C)Oc1ccc2c(c1)NC=NC2)c1ccc(Br)cc1.O=C(O)C=CC(=O)O. The first kappa shape index (κ1) is 27.1. The zero-order valence-electron chi connectivity index (χ0n) is 19.3. The summed E-state index contributed by atoms with van der Waals surface area (Å²) in [7, 11) is 1.99. The maximum Gasteiger partial charge on any atom is 0.328 e. The molecule has 0 spiro atoms. The molecule has 0 bridgehead atoms. The van der Waals surface area contributed by atoms with Crippen LogP contribution in [0.1, 0.15) is 43.2 Å². The van der Waals surface area contributed by atoms with E-state index in [1.54, 1.807) is 6.34 Å². The molecule has 0 saturated carbocycles. The van der Waals surface area contributed by atoms with E-state index in [9.17, 15) is 9.59 Å². The predicted octanol–water partition coefficient (Wildman–Crippen LogP) is 5.31. The monoisotopic (exact) mass is 531 g/mol. The fourth-order valence-electron chi connectivity index (χ4n) is 3.41. The van der Waals surface area contributed by atoms with E-state index in [1.165, 1.54) is 11.1 Å². The van der Waals surface area contributed by atoms with Crippen molar-refractivity contribution < 1.29 is 24.6 Å². The fourth-order valence-corrected chi connectivity index (χ4v) is 3.68. The number of benzene rings is 2. The van der Waals surface area contributed by atoms with Crippen LogP contribution in [0.4, 0.5) is 5.69 Å². The summed E-state index contributed by atoms with van der Waals surface area (Å²) in [4.78, 5) is 29.3. The number of carboxylic acids is 2. The molecule has 9 heteroatoms. The number of halogens is 1. The van der Waals surface area contributed by atoms with Gasteiger partial charge in [-0.2, -0.15) is 0 Å². The van der Waals surface area contributed by atoms with Crippen LogP contribution in [-0.4, -0.2) is 47.1 Å². The molecule has 182 valence electrons. The third-order valence-electron chi connectivity index (χ3n) is 5.14. The van der Waals surface area contributed by atoms with Gasteiger partial charge in [-0.1, -0.05) is 41.1 Å². The van der Waals surface area contributed by atoms with Gasteiger partial charge in [0.1, 0.15) is 5.75 Å². The van der Waals surface area contributed by atoms with Gasteiger partial charge < -0.3 is 20.4 Å². The van der Waals surface area contributed by atoms with Gasteiger partial charge in [0, 0.05) is 42.0 Å². The maximum atomic E-state index is 9.55. The number of hydrogen-bond acceptors (Lipinski definition) is 6. The third-order valence-corrected chi connectivity index (χ3v) is 5.67. The summed E-state index contributed by atoms with van der Waals surface area (Å²) in [5, 5.41) is 20.7. The molecule has 0 radical (unpaired) electrons. The van der Waals surface area contributed by atoms with Crippen molar-refractivity contribution in [3.63, 3.8) is 0 Å². The quantitative estimate of drug-likeness (QED) is 0.281. The smallest absolute Gasteiger partial charge is 0.328 e. The van der Waals surface area contributed by atoms with Crippen LogP contribution in [0.25, 0.3) is 0 Å². The van der Waals surface area contributed by atoms with E-state index in [2.05, 4.69) is 63.5 Å². The Morgan fingerprint density at radius 1 is 1.18 bits per heavy atom. The molecule has 34 heavy (non-hydrogen) atoms. The summed E-state index contributed by atoms with van der Waals surface area (Å²) in [5.74, 6) is -1.06. The lowest BCUT2D eigenvalue weighted by Crippen LogP contribution is -2.24. The average molecular weight is 532 g/mol. The Morgan fingerprint density at radius 3 is 2.47 bits per heavy atom. The number of aliphatic carboxylic acids is 2. The number of hydroxylamine groups is 2. The topological polar surface area (TPSA) is 111 Å². The Balaban J connectivity index is 0.000000440. The molecule has 2 aromatic carbocycles. The Bertz CT molecular complexity index is 992. The molecule has 0 fully saturated rings. The maximum absolute atomic E-state index is 9.55. The zero-order chi connectivity index (χ0) is 24.9. The van der Waals surface area contributed by atoms with Crippen molar-refractivity contribution in [3.05, 3.63) is 70.2 Å². The lowest BCUT2D eigenvalue weighted by molar-refractivity contribution is -0.134. The van der Waals surface area contributed by atoms with Crippen molar-refractivity contribution in [3.8, 4) is 5.75 Å². The lowest BCUT2D eigenvalue weighted by Gasteiger charge is -2.21. The molecule has 1 atom stereocenters. The van der Waals surface area contributed by atoms with E-state index in [0.717, 1.165) is 48.3 Å². The van der Waals surface area contributed by atoms with E-state index >= 15 is 0 Å². The number of nitrogens with one attached hydrogen (secondary N) is 1. The summed E-state index contributed by atoms with van der Waals surface area (Å²) >= 11 is 3.51. The molecule has 1 unspecified atom stereocenters. The number of carboxylic acid groups (broad SMARTS) is 2. The van der Waals surface area contributed by atoms with Crippen LogP contribution in [0.2, 0.25) is 0 Å². The van der Waals surface area contributed by atoms with Crippen LogP contribution in [0.15, 0.2) is 64.1 Å². The zero-order valence-corrected chi connectivity index (χ0v) is 20.9. The molecule has 0 amide bonds. The Kier molecular flexibility index (Phi) is 11.3. The first-order chi connectivity index (χ1) is 16.3. The molecule has 0 saturated heterocycles. The molecule has 2 aromatic rings. The van der Waals surface area contributed by atoms with Gasteiger partial charge in [-0.25, -0.2) is 9.59 Å². The largest absolute Gasteiger partial charge is 0.478 e. The van der Waals surface area contributed by atoms with Crippen LogP contribution in [-0.2, 0) is 16.1 Å². The van der Waals surface area contributed by atoms with Crippen molar-refractivity contribution in [2.75, 3.05) is 18.9 Å². The summed E-state index contributed by atoms with van der Waals surface area (Å²) in [5.41, 5.74) is 3.69. The van der Waals surface area contributed by atoms with Crippen LogP contribution in [0.3, 0.4) is 0 Å². The minimum atomic E-state index is -1.26. The molecular formula is C25H30BrN3O5. The molecule has 0 aliphatic carbocycles. The van der Waals surface area contributed by atoms with Crippen molar-refractivity contribution in [1.29, 1.82) is 0 Å². The Hall–Kier alpha value is -3.17. The van der Waals surface area contributed by atoms with Crippen LogP contribution >= 0.6 is 15.9 Å². The second-order valence-corrected chi connectivity index (χ2v) is 8.60. The highest BCUT2D eigenvalue weighted by molar-refractivity contribution is 9.10. The molecular weight excluding hydrogens is 502 g/mol. The predicted molar refractivity (Wildman–Crippen MR) is 136 cm³/mol. The van der Waals surface area contributed by atoms with Gasteiger partial charge in [0.05, 0.1) is 12.9 Å². The van der Waals surface area contributed by atoms with Gasteiger partial charge in [0.2, 0.25) is 0 Å². The first-order valence-electron chi connectivity index (χ1n) is 10.9. The summed E-state index contributed by atoms with van der Waals surface area (Å²) < 4.78 is 1.13. The number of hydrogen-bond donors (Lipinski definition) is 3. The molecule has 1 aliphatic rings. The highest BCUT2D eigenvalue weighted by Crippen LogP contribution is 2.27. The van der Waals surface area contributed by atoms with E-state index in [1.807, 2.05) is 24.2 Å². The summed E-state index contributed by atoms with van der Waals surface area (Å²) in [6.45, 7) is 3.89. The number of fused-ring (bicyclic) bond motifs is 1. The minimum absolute atomic E-state index is 0.558. The number of carbonyl (C=O) groups is 2. The molecule has 3 rings (SSSR count). The highest BCUT2D eigenvalue weighted by Gasteiger charge is 2.11. The van der Waals surface area contributed by atoms with E-state index < -0.39 is 11.9 Å². The molecule has 1 heterocycles. The second kappa shape index (κ2) is 14.2. The highest BCUT2D eigenvalue weighted by atomic mass is 79.9. The number of rotatable bonds is 10. The second-order valence-electron chi connectivity index (χ2n) is 7.68. The minimum Gasteiger partial charge on any atom is -0.478 e. The van der Waals surface area contributed by atoms with Crippen molar-refractivity contribution in [2.45, 2.75) is 38.6 Å². The van der Waals surface area contributed by atoms with Gasteiger partial charge >= 0.3 is 11.9 Å². The molecule has 1 aliphatic heterocycles. The molecule has 3 N–H and O–H groups in total. The first-order valence-corrected chi connectivity index (χ1v) is 11.7. The number of aliphatic imine (C=N–C) groups is 1. The molecule has 8 nitrogen and oxygen atoms in total. The summed E-state index contributed by atoms with van der Waals surface area (Å²) in [6, 6.07) is 14.8. The normalized spacial score (nSPS) is 12.9. The van der Waals surface area contributed by atoms with E-state index in [-0.39, 0.29) is 0 Å². The third kappa shape index (κ3) is 9.76. The number of anilines is 1. The Labute approximate surface area is 208 Å². The Morgan fingerprint density at radius 2 is 1.85 bits per heavy atom. The van der Waals surface area contributed by atoms with E-state index in [0.29, 0.717) is 18.1 Å². The van der Waals surface area contributed by atoms with Crippen molar-refractivity contribution >= 4 is 39.9 Å². The van der Waals surface area contributed by atoms with Crippen LogP contribution in [0, 0.1) is 0 Å². The van der Waals surface area contributed by atoms with Crippen LogP contribution in [0.5, 0.6) is 5.75 Å². The van der Waals surface area contributed by atoms with Gasteiger partial charge in [0.15, 0.2) is 0 Å².